The van der Waals surface area contributed by atoms with Crippen molar-refractivity contribution in [3.63, 3.8) is 0 Å². The van der Waals surface area contributed by atoms with Crippen molar-refractivity contribution in [1.82, 2.24) is 14.4 Å². The summed E-state index contributed by atoms with van der Waals surface area (Å²) in [4.78, 5) is 31.4. The number of hydrogen-bond acceptors (Lipinski definition) is 4. The predicted octanol–water partition coefficient (Wildman–Crippen LogP) is 3.42. The summed E-state index contributed by atoms with van der Waals surface area (Å²) in [5, 5.41) is 0. The molecule has 4 heterocycles. The zero-order valence-electron chi connectivity index (χ0n) is 19.4. The van der Waals surface area contributed by atoms with Gasteiger partial charge in [-0.2, -0.15) is 0 Å². The van der Waals surface area contributed by atoms with E-state index in [1.165, 1.54) is 18.4 Å². The number of carbonyl (C=O) groups is 1. The summed E-state index contributed by atoms with van der Waals surface area (Å²) in [6.45, 7) is 6.96. The molecule has 174 valence electrons. The van der Waals surface area contributed by atoms with E-state index in [1.54, 1.807) is 6.07 Å². The van der Waals surface area contributed by atoms with Crippen molar-refractivity contribution >= 4 is 5.91 Å². The van der Waals surface area contributed by atoms with E-state index >= 15 is 0 Å². The summed E-state index contributed by atoms with van der Waals surface area (Å²) < 4.78 is 7.54. The molecule has 6 heteroatoms. The Kier molecular flexibility index (Phi) is 5.09. The van der Waals surface area contributed by atoms with Gasteiger partial charge in [-0.1, -0.05) is 18.2 Å². The van der Waals surface area contributed by atoms with Crippen molar-refractivity contribution in [2.24, 2.45) is 11.3 Å². The fourth-order valence-corrected chi connectivity index (χ4v) is 6.53. The van der Waals surface area contributed by atoms with E-state index in [0.29, 0.717) is 12.0 Å². The lowest BCUT2D eigenvalue weighted by Crippen LogP contribution is -2.53. The molecule has 0 N–H and O–H groups in total. The number of fused-ring (bicyclic) bond motifs is 4. The third-order valence-corrected chi connectivity index (χ3v) is 8.30. The van der Waals surface area contributed by atoms with Gasteiger partial charge in [0.15, 0.2) is 0 Å². The van der Waals surface area contributed by atoms with Gasteiger partial charge in [0, 0.05) is 56.3 Å². The molecule has 33 heavy (non-hydrogen) atoms. The van der Waals surface area contributed by atoms with Crippen LogP contribution in [-0.2, 0) is 11.3 Å². The van der Waals surface area contributed by atoms with Crippen molar-refractivity contribution in [1.29, 1.82) is 0 Å². The van der Waals surface area contributed by atoms with Crippen LogP contribution in [0.5, 0.6) is 5.75 Å². The molecular weight excluding hydrogens is 414 g/mol. The first kappa shape index (κ1) is 21.0. The van der Waals surface area contributed by atoms with Crippen LogP contribution in [0.25, 0.3) is 0 Å². The molecule has 2 aromatic rings. The average molecular weight is 448 g/mol. The highest BCUT2D eigenvalue weighted by atomic mass is 16.5. The first-order valence-electron chi connectivity index (χ1n) is 12.5. The second kappa shape index (κ2) is 8.01. The standard InChI is InChI=1S/C27H33N3O3/c1-2-33-22-6-3-5-19(13-22)15-28-16-20-14-21(17-28)25(30-23(20)7-4-8-24(30)31)26(32)29-12-11-27(18-29)9-10-27/h3-8,13,20-21,25H,2,9-12,14-18H2,1H3/t20-,21+,25-/m1/s1. The highest BCUT2D eigenvalue weighted by molar-refractivity contribution is 5.81. The Morgan fingerprint density at radius 3 is 2.76 bits per heavy atom. The highest BCUT2D eigenvalue weighted by Gasteiger charge is 2.51. The molecule has 2 saturated heterocycles. The van der Waals surface area contributed by atoms with Gasteiger partial charge in [-0.15, -0.1) is 0 Å². The average Bonchev–Trinajstić information content (AvgIpc) is 3.43. The summed E-state index contributed by atoms with van der Waals surface area (Å²) in [6, 6.07) is 13.5. The molecule has 1 saturated carbocycles. The van der Waals surface area contributed by atoms with Gasteiger partial charge in [-0.05, 0) is 61.8 Å². The maximum atomic E-state index is 13.8. The predicted molar refractivity (Wildman–Crippen MR) is 126 cm³/mol. The minimum atomic E-state index is -0.378. The van der Waals surface area contributed by atoms with Gasteiger partial charge in [0.1, 0.15) is 11.8 Å². The molecule has 0 unspecified atom stereocenters. The minimum Gasteiger partial charge on any atom is -0.494 e. The SMILES string of the molecule is CCOc1cccc(CN2C[C@H]3C[C@@H](C2)[C@H](C(=O)N2CCC4(CC4)C2)n2c3cccc2=O)c1. The summed E-state index contributed by atoms with van der Waals surface area (Å²) in [5.74, 6) is 1.51. The maximum Gasteiger partial charge on any atom is 0.251 e. The zero-order valence-corrected chi connectivity index (χ0v) is 19.4. The van der Waals surface area contributed by atoms with Crippen LogP contribution in [0.2, 0.25) is 0 Å². The number of likely N-dealkylation sites (tertiary alicyclic amines) is 2. The summed E-state index contributed by atoms with van der Waals surface area (Å²) in [6.07, 6.45) is 4.60. The van der Waals surface area contributed by atoms with E-state index in [2.05, 4.69) is 28.0 Å². The fourth-order valence-electron chi connectivity index (χ4n) is 6.53. The Labute approximate surface area is 195 Å². The van der Waals surface area contributed by atoms with Gasteiger partial charge in [-0.3, -0.25) is 19.1 Å². The molecule has 3 atom stereocenters. The Hall–Kier alpha value is -2.60. The Morgan fingerprint density at radius 1 is 1.12 bits per heavy atom. The van der Waals surface area contributed by atoms with Gasteiger partial charge in [-0.25, -0.2) is 0 Å². The Balaban J connectivity index is 1.29. The van der Waals surface area contributed by atoms with Gasteiger partial charge >= 0.3 is 0 Å². The number of piperidine rings is 1. The lowest BCUT2D eigenvalue weighted by atomic mass is 9.78. The Morgan fingerprint density at radius 2 is 1.97 bits per heavy atom. The number of rotatable bonds is 5. The molecular formula is C27H33N3O3. The molecule has 6 nitrogen and oxygen atoms in total. The topological polar surface area (TPSA) is 54.8 Å². The number of benzene rings is 1. The number of hydrogen-bond donors (Lipinski definition) is 0. The summed E-state index contributed by atoms with van der Waals surface area (Å²) in [7, 11) is 0. The lowest BCUT2D eigenvalue weighted by molar-refractivity contribution is -0.137. The molecule has 3 fully saturated rings. The van der Waals surface area contributed by atoms with E-state index in [1.807, 2.05) is 29.7 Å². The molecule has 1 aromatic heterocycles. The molecule has 4 aliphatic rings. The minimum absolute atomic E-state index is 0.0289. The van der Waals surface area contributed by atoms with Crippen LogP contribution in [0.1, 0.15) is 55.8 Å². The van der Waals surface area contributed by atoms with Gasteiger partial charge in [0.2, 0.25) is 5.91 Å². The first-order chi connectivity index (χ1) is 16.0. The van der Waals surface area contributed by atoms with Gasteiger partial charge in [0.05, 0.1) is 6.61 Å². The normalized spacial score (nSPS) is 27.4. The van der Waals surface area contributed by atoms with Crippen LogP contribution >= 0.6 is 0 Å². The fraction of sp³-hybridized carbons (Fsp3) is 0.556. The molecule has 1 aliphatic carbocycles. The van der Waals surface area contributed by atoms with Crippen molar-refractivity contribution in [3.8, 4) is 5.75 Å². The van der Waals surface area contributed by atoms with Crippen molar-refractivity contribution in [2.45, 2.75) is 51.1 Å². The molecule has 1 spiro atoms. The van der Waals surface area contributed by atoms with Crippen molar-refractivity contribution in [2.75, 3.05) is 32.8 Å². The van der Waals surface area contributed by atoms with E-state index in [4.69, 9.17) is 4.74 Å². The van der Waals surface area contributed by atoms with E-state index in [0.717, 1.165) is 57.0 Å². The van der Waals surface area contributed by atoms with Crippen LogP contribution in [-0.4, -0.2) is 53.1 Å². The second-order valence-electron chi connectivity index (χ2n) is 10.6. The van der Waals surface area contributed by atoms with E-state index in [-0.39, 0.29) is 29.3 Å². The molecule has 3 aliphatic heterocycles. The third kappa shape index (κ3) is 3.78. The van der Waals surface area contributed by atoms with E-state index in [9.17, 15) is 9.59 Å². The summed E-state index contributed by atoms with van der Waals surface area (Å²) in [5.41, 5.74) is 2.62. The zero-order chi connectivity index (χ0) is 22.6. The van der Waals surface area contributed by atoms with Crippen molar-refractivity contribution < 1.29 is 9.53 Å². The van der Waals surface area contributed by atoms with Gasteiger partial charge < -0.3 is 9.64 Å². The summed E-state index contributed by atoms with van der Waals surface area (Å²) >= 11 is 0. The highest BCUT2D eigenvalue weighted by Crippen LogP contribution is 2.53. The van der Waals surface area contributed by atoms with Crippen LogP contribution in [0.3, 0.4) is 0 Å². The van der Waals surface area contributed by atoms with Crippen molar-refractivity contribution in [3.05, 3.63) is 64.1 Å². The van der Waals surface area contributed by atoms with Crippen LogP contribution < -0.4 is 10.3 Å². The number of carbonyl (C=O) groups excluding carboxylic acids is 1. The molecule has 1 aromatic carbocycles. The maximum absolute atomic E-state index is 13.8. The smallest absolute Gasteiger partial charge is 0.251 e. The number of aromatic nitrogens is 1. The quantitative estimate of drug-likeness (QED) is 0.705. The lowest BCUT2D eigenvalue weighted by Gasteiger charge is -2.47. The first-order valence-corrected chi connectivity index (χ1v) is 12.5. The third-order valence-electron chi connectivity index (χ3n) is 8.30. The molecule has 1 amide bonds. The number of pyridine rings is 1. The van der Waals surface area contributed by atoms with Crippen LogP contribution in [0.4, 0.5) is 0 Å². The van der Waals surface area contributed by atoms with Gasteiger partial charge in [0.25, 0.3) is 5.56 Å². The number of ether oxygens (including phenoxy) is 1. The number of amides is 1. The Bertz CT molecular complexity index is 1120. The number of nitrogens with zero attached hydrogens (tertiary/aromatic N) is 3. The molecule has 2 bridgehead atoms. The largest absolute Gasteiger partial charge is 0.494 e. The van der Waals surface area contributed by atoms with E-state index < -0.39 is 0 Å². The molecule has 6 rings (SSSR count). The van der Waals surface area contributed by atoms with Crippen LogP contribution in [0, 0.1) is 11.3 Å². The monoisotopic (exact) mass is 447 g/mol. The second-order valence-corrected chi connectivity index (χ2v) is 10.6. The molecule has 0 radical (unpaired) electrons. The van der Waals surface area contributed by atoms with Crippen LogP contribution in [0.15, 0.2) is 47.3 Å².